The molecule has 0 aromatic heterocycles. The van der Waals surface area contributed by atoms with Gasteiger partial charge in [-0.05, 0) is 26.7 Å². The Morgan fingerprint density at radius 1 is 1.21 bits per heavy atom. The van der Waals surface area contributed by atoms with Crippen molar-refractivity contribution in [3.63, 3.8) is 0 Å². The first-order valence-corrected chi connectivity index (χ1v) is 6.54. The topological polar surface area (TPSA) is 76.4 Å². The zero-order valence-corrected chi connectivity index (χ0v) is 12.4. The summed E-state index contributed by atoms with van der Waals surface area (Å²) in [4.78, 5) is 22.7. The van der Waals surface area contributed by atoms with Crippen molar-refractivity contribution in [2.24, 2.45) is 11.3 Å². The average molecular weight is 269 g/mol. The van der Waals surface area contributed by atoms with E-state index in [-0.39, 0.29) is 18.8 Å². The van der Waals surface area contributed by atoms with Crippen LogP contribution in [0.1, 0.15) is 47.5 Å². The fourth-order valence-corrected chi connectivity index (χ4v) is 1.51. The van der Waals surface area contributed by atoms with Gasteiger partial charge in [-0.3, -0.25) is 9.59 Å². The van der Waals surface area contributed by atoms with Gasteiger partial charge < -0.3 is 9.47 Å². The Kier molecular flexibility index (Phi) is 7.13. The van der Waals surface area contributed by atoms with Crippen molar-refractivity contribution in [1.29, 1.82) is 5.26 Å². The fraction of sp³-hybridized carbons (Fsp3) is 0.786. The van der Waals surface area contributed by atoms with Crippen LogP contribution in [0.4, 0.5) is 0 Å². The van der Waals surface area contributed by atoms with Gasteiger partial charge in [0.15, 0.2) is 0 Å². The molecule has 0 aromatic rings. The van der Waals surface area contributed by atoms with Gasteiger partial charge in [-0.15, -0.1) is 0 Å². The van der Waals surface area contributed by atoms with Gasteiger partial charge >= 0.3 is 11.9 Å². The molecule has 0 bridgehead atoms. The van der Waals surface area contributed by atoms with Gasteiger partial charge in [0.05, 0.1) is 30.9 Å². The minimum Gasteiger partial charge on any atom is -0.466 e. The summed E-state index contributed by atoms with van der Waals surface area (Å²) in [5.74, 6) is -0.841. The van der Waals surface area contributed by atoms with Gasteiger partial charge in [0, 0.05) is 0 Å². The molecule has 0 saturated heterocycles. The van der Waals surface area contributed by atoms with E-state index in [1.54, 1.807) is 20.8 Å². The Balaban J connectivity index is 4.34. The SMILES string of the molecule is CCOC(=O)CCC(=O)OC(C)C(C)(C#N)C(C)C. The third kappa shape index (κ3) is 5.29. The zero-order chi connectivity index (χ0) is 15.1. The molecule has 5 heteroatoms. The van der Waals surface area contributed by atoms with Crippen LogP contribution >= 0.6 is 0 Å². The van der Waals surface area contributed by atoms with Crippen LogP contribution in [0.5, 0.6) is 0 Å². The summed E-state index contributed by atoms with van der Waals surface area (Å²) in [5, 5.41) is 9.21. The van der Waals surface area contributed by atoms with Crippen molar-refractivity contribution in [2.75, 3.05) is 6.61 Å². The second-order valence-corrected chi connectivity index (χ2v) is 4.99. The third-order valence-corrected chi connectivity index (χ3v) is 3.43. The Labute approximate surface area is 114 Å². The van der Waals surface area contributed by atoms with Crippen LogP contribution in [0.15, 0.2) is 0 Å². The smallest absolute Gasteiger partial charge is 0.306 e. The monoisotopic (exact) mass is 269 g/mol. The highest BCUT2D eigenvalue weighted by molar-refractivity contribution is 5.77. The zero-order valence-electron chi connectivity index (χ0n) is 12.4. The van der Waals surface area contributed by atoms with E-state index < -0.39 is 23.5 Å². The number of hydrogen-bond acceptors (Lipinski definition) is 5. The second kappa shape index (κ2) is 7.78. The fourth-order valence-electron chi connectivity index (χ4n) is 1.51. The van der Waals surface area contributed by atoms with Crippen LogP contribution in [0.3, 0.4) is 0 Å². The molecule has 5 nitrogen and oxygen atoms in total. The summed E-state index contributed by atoms with van der Waals surface area (Å²) < 4.78 is 9.95. The van der Waals surface area contributed by atoms with Crippen molar-refractivity contribution in [3.05, 3.63) is 0 Å². The summed E-state index contributed by atoms with van der Waals surface area (Å²) in [5.41, 5.74) is -0.737. The summed E-state index contributed by atoms with van der Waals surface area (Å²) in [6, 6.07) is 2.20. The van der Waals surface area contributed by atoms with Gasteiger partial charge in [-0.2, -0.15) is 5.26 Å². The van der Waals surface area contributed by atoms with Crippen LogP contribution < -0.4 is 0 Å². The maximum absolute atomic E-state index is 11.6. The Morgan fingerprint density at radius 3 is 2.16 bits per heavy atom. The Bertz CT molecular complexity index is 359. The van der Waals surface area contributed by atoms with Gasteiger partial charge in [0.1, 0.15) is 6.10 Å². The third-order valence-electron chi connectivity index (χ3n) is 3.43. The number of esters is 2. The first-order valence-electron chi connectivity index (χ1n) is 6.54. The van der Waals surface area contributed by atoms with Crippen LogP contribution in [0, 0.1) is 22.7 Å². The maximum Gasteiger partial charge on any atom is 0.306 e. The molecule has 108 valence electrons. The molecule has 0 amide bonds. The van der Waals surface area contributed by atoms with Crippen LogP contribution in [0.2, 0.25) is 0 Å². The second-order valence-electron chi connectivity index (χ2n) is 4.99. The quantitative estimate of drug-likeness (QED) is 0.663. The molecule has 0 aliphatic heterocycles. The summed E-state index contributed by atoms with van der Waals surface area (Å²) in [6.45, 7) is 9.29. The molecular formula is C14H23NO4. The van der Waals surface area contributed by atoms with Crippen LogP contribution in [-0.4, -0.2) is 24.6 Å². The van der Waals surface area contributed by atoms with Crippen molar-refractivity contribution in [1.82, 2.24) is 0 Å². The Hall–Kier alpha value is -1.57. The molecule has 0 rings (SSSR count). The summed E-state index contributed by atoms with van der Waals surface area (Å²) >= 11 is 0. The van der Waals surface area contributed by atoms with Gasteiger partial charge in [0.25, 0.3) is 0 Å². The van der Waals surface area contributed by atoms with E-state index in [1.807, 2.05) is 13.8 Å². The summed E-state index contributed by atoms with van der Waals surface area (Å²) in [6.07, 6.45) is -0.542. The molecule has 0 saturated carbocycles. The minimum absolute atomic E-state index is 0.00431. The lowest BCUT2D eigenvalue weighted by molar-refractivity contribution is -0.157. The van der Waals surface area contributed by atoms with E-state index in [9.17, 15) is 14.9 Å². The lowest BCUT2D eigenvalue weighted by Gasteiger charge is -2.32. The van der Waals surface area contributed by atoms with Crippen LogP contribution in [0.25, 0.3) is 0 Å². The van der Waals surface area contributed by atoms with Crippen molar-refractivity contribution in [3.8, 4) is 6.07 Å². The lowest BCUT2D eigenvalue weighted by atomic mass is 9.76. The van der Waals surface area contributed by atoms with Crippen molar-refractivity contribution < 1.29 is 19.1 Å². The number of carbonyl (C=O) groups is 2. The van der Waals surface area contributed by atoms with E-state index in [1.165, 1.54) is 0 Å². The first-order chi connectivity index (χ1) is 8.77. The van der Waals surface area contributed by atoms with Gasteiger partial charge in [-0.1, -0.05) is 13.8 Å². The standard InChI is InChI=1S/C14H23NO4/c1-6-18-12(16)7-8-13(17)19-11(4)14(5,9-15)10(2)3/h10-11H,6-8H2,1-5H3. The number of nitrogens with zero attached hydrogens (tertiary/aromatic N) is 1. The number of rotatable bonds is 7. The number of carbonyl (C=O) groups excluding carboxylic acids is 2. The van der Waals surface area contributed by atoms with E-state index >= 15 is 0 Å². The molecular weight excluding hydrogens is 246 g/mol. The molecule has 0 aromatic carbocycles. The minimum atomic E-state index is -0.737. The molecule has 0 aliphatic rings. The molecule has 2 unspecified atom stereocenters. The van der Waals surface area contributed by atoms with Gasteiger partial charge in [0.2, 0.25) is 0 Å². The predicted octanol–water partition coefficient (Wildman–Crippen LogP) is 2.45. The molecule has 0 spiro atoms. The highest BCUT2D eigenvalue weighted by atomic mass is 16.5. The first kappa shape index (κ1) is 17.4. The molecule has 0 fully saturated rings. The van der Waals surface area contributed by atoms with E-state index in [0.717, 1.165) is 0 Å². The molecule has 0 heterocycles. The molecule has 19 heavy (non-hydrogen) atoms. The van der Waals surface area contributed by atoms with E-state index in [4.69, 9.17) is 9.47 Å². The molecule has 0 aliphatic carbocycles. The summed E-state index contributed by atoms with van der Waals surface area (Å²) in [7, 11) is 0. The molecule has 0 N–H and O–H groups in total. The van der Waals surface area contributed by atoms with Gasteiger partial charge in [-0.25, -0.2) is 0 Å². The normalized spacial score (nSPS) is 15.2. The highest BCUT2D eigenvalue weighted by Gasteiger charge is 2.37. The van der Waals surface area contributed by atoms with Crippen molar-refractivity contribution >= 4 is 11.9 Å². The molecule has 2 atom stereocenters. The van der Waals surface area contributed by atoms with Crippen LogP contribution in [-0.2, 0) is 19.1 Å². The lowest BCUT2D eigenvalue weighted by Crippen LogP contribution is -2.37. The largest absolute Gasteiger partial charge is 0.466 e. The van der Waals surface area contributed by atoms with E-state index in [2.05, 4.69) is 6.07 Å². The molecule has 0 radical (unpaired) electrons. The maximum atomic E-state index is 11.6. The number of hydrogen-bond donors (Lipinski definition) is 0. The van der Waals surface area contributed by atoms with E-state index in [0.29, 0.717) is 6.61 Å². The average Bonchev–Trinajstić information content (AvgIpc) is 2.35. The predicted molar refractivity (Wildman–Crippen MR) is 70.0 cm³/mol. The Morgan fingerprint density at radius 2 is 1.74 bits per heavy atom. The highest BCUT2D eigenvalue weighted by Crippen LogP contribution is 2.32. The number of ether oxygens (including phenoxy) is 2. The number of nitriles is 1. The van der Waals surface area contributed by atoms with Crippen molar-refractivity contribution in [2.45, 2.75) is 53.6 Å².